The lowest BCUT2D eigenvalue weighted by molar-refractivity contribution is 0.102. The first-order valence-electron chi connectivity index (χ1n) is 8.39. The molecule has 0 aliphatic heterocycles. The predicted molar refractivity (Wildman–Crippen MR) is 103 cm³/mol. The molecule has 2 aromatic heterocycles. The maximum absolute atomic E-state index is 12.7. The van der Waals surface area contributed by atoms with Gasteiger partial charge >= 0.3 is 0 Å². The third-order valence-electron chi connectivity index (χ3n) is 3.96. The van der Waals surface area contributed by atoms with Crippen LogP contribution in [0.3, 0.4) is 0 Å². The highest BCUT2D eigenvalue weighted by atomic mass is 16.1. The fourth-order valence-corrected chi connectivity index (χ4v) is 2.68. The zero-order chi connectivity index (χ0) is 18.6. The van der Waals surface area contributed by atoms with Gasteiger partial charge in [0.1, 0.15) is 5.56 Å². The highest BCUT2D eigenvalue weighted by molar-refractivity contribution is 6.09. The number of hydrogen-bond donors (Lipinski definition) is 1. The van der Waals surface area contributed by atoms with Crippen molar-refractivity contribution in [3.05, 3.63) is 84.3 Å². The van der Waals surface area contributed by atoms with Crippen molar-refractivity contribution < 1.29 is 4.79 Å². The highest BCUT2D eigenvalue weighted by Crippen LogP contribution is 2.21. The monoisotopic (exact) mass is 356 g/mol. The smallest absolute Gasteiger partial charge is 0.261 e. The van der Waals surface area contributed by atoms with Gasteiger partial charge in [-0.3, -0.25) is 4.79 Å². The molecule has 132 valence electrons. The summed E-state index contributed by atoms with van der Waals surface area (Å²) in [6, 6.07) is 18.4. The lowest BCUT2D eigenvalue weighted by Crippen LogP contribution is -2.13. The summed E-state index contributed by atoms with van der Waals surface area (Å²) in [6.45, 7) is 1.79. The van der Waals surface area contributed by atoms with Crippen molar-refractivity contribution in [1.29, 1.82) is 0 Å². The van der Waals surface area contributed by atoms with Gasteiger partial charge in [0.15, 0.2) is 5.65 Å². The molecule has 0 aliphatic rings. The predicted octanol–water partition coefficient (Wildman–Crippen LogP) is 4.71. The van der Waals surface area contributed by atoms with Gasteiger partial charge in [0.05, 0.1) is 17.1 Å². The van der Waals surface area contributed by atoms with Gasteiger partial charge in [-0.25, -0.2) is 9.50 Å². The number of azo groups is 1. The second-order valence-corrected chi connectivity index (χ2v) is 5.88. The Morgan fingerprint density at radius 3 is 2.41 bits per heavy atom. The zero-order valence-electron chi connectivity index (χ0n) is 14.6. The molecule has 0 spiro atoms. The Bertz CT molecular complexity index is 1120. The minimum atomic E-state index is -0.250. The first-order chi connectivity index (χ1) is 13.2. The van der Waals surface area contributed by atoms with E-state index in [-0.39, 0.29) is 5.91 Å². The van der Waals surface area contributed by atoms with Crippen molar-refractivity contribution in [2.75, 3.05) is 5.32 Å². The maximum atomic E-state index is 12.7. The fourth-order valence-electron chi connectivity index (χ4n) is 2.68. The van der Waals surface area contributed by atoms with Crippen molar-refractivity contribution in [2.24, 2.45) is 10.2 Å². The second kappa shape index (κ2) is 7.17. The van der Waals surface area contributed by atoms with E-state index in [0.29, 0.717) is 28.3 Å². The molecule has 0 saturated carbocycles. The molecular formula is C20H16N6O. The zero-order valence-corrected chi connectivity index (χ0v) is 14.6. The summed E-state index contributed by atoms with van der Waals surface area (Å²) in [6.07, 6.45) is 3.40. The van der Waals surface area contributed by atoms with Crippen LogP contribution in [-0.4, -0.2) is 20.5 Å². The maximum Gasteiger partial charge on any atom is 0.261 e. The molecule has 0 fully saturated rings. The van der Waals surface area contributed by atoms with E-state index in [1.54, 1.807) is 54.2 Å². The van der Waals surface area contributed by atoms with Gasteiger partial charge in [0.2, 0.25) is 0 Å². The van der Waals surface area contributed by atoms with Gasteiger partial charge in [-0.15, -0.1) is 0 Å². The number of aryl methyl sites for hydroxylation is 1. The van der Waals surface area contributed by atoms with Crippen molar-refractivity contribution in [3.8, 4) is 0 Å². The van der Waals surface area contributed by atoms with Crippen LogP contribution in [0.5, 0.6) is 0 Å². The standard InChI is InChI=1S/C20H16N6O/c1-14-18(19-21-12-5-13-26(19)25-14)20(27)22-15-8-10-17(11-9-15)24-23-16-6-3-2-4-7-16/h2-13H,1H3,(H,22,27). The summed E-state index contributed by atoms with van der Waals surface area (Å²) in [5, 5.41) is 15.5. The minimum absolute atomic E-state index is 0.250. The van der Waals surface area contributed by atoms with E-state index in [1.807, 2.05) is 30.3 Å². The molecule has 2 heterocycles. The van der Waals surface area contributed by atoms with Gasteiger partial charge < -0.3 is 5.32 Å². The van der Waals surface area contributed by atoms with Gasteiger partial charge in [-0.1, -0.05) is 18.2 Å². The van der Waals surface area contributed by atoms with Crippen molar-refractivity contribution in [2.45, 2.75) is 6.92 Å². The van der Waals surface area contributed by atoms with Crippen LogP contribution >= 0.6 is 0 Å². The Labute approximate surface area is 155 Å². The van der Waals surface area contributed by atoms with Crippen LogP contribution in [0.15, 0.2) is 83.3 Å². The number of amides is 1. The number of hydrogen-bond acceptors (Lipinski definition) is 5. The number of carbonyl (C=O) groups is 1. The second-order valence-electron chi connectivity index (χ2n) is 5.88. The van der Waals surface area contributed by atoms with E-state index in [0.717, 1.165) is 5.69 Å². The number of fused-ring (bicyclic) bond motifs is 1. The average Bonchev–Trinajstić information content (AvgIpc) is 3.04. The summed E-state index contributed by atoms with van der Waals surface area (Å²) < 4.78 is 1.59. The van der Waals surface area contributed by atoms with Crippen molar-refractivity contribution in [1.82, 2.24) is 14.6 Å². The van der Waals surface area contributed by atoms with E-state index in [2.05, 4.69) is 25.6 Å². The summed E-state index contributed by atoms with van der Waals surface area (Å²) in [4.78, 5) is 16.9. The largest absolute Gasteiger partial charge is 0.322 e. The van der Waals surface area contributed by atoms with Gasteiger partial charge in [0.25, 0.3) is 5.91 Å². The summed E-state index contributed by atoms with van der Waals surface area (Å²) in [5.74, 6) is -0.250. The number of nitrogens with zero attached hydrogens (tertiary/aromatic N) is 5. The van der Waals surface area contributed by atoms with Crippen LogP contribution in [0.2, 0.25) is 0 Å². The number of anilines is 1. The molecule has 0 unspecified atom stereocenters. The van der Waals surface area contributed by atoms with Crippen LogP contribution in [-0.2, 0) is 0 Å². The third kappa shape index (κ3) is 3.57. The van der Waals surface area contributed by atoms with Crippen LogP contribution in [0, 0.1) is 6.92 Å². The average molecular weight is 356 g/mol. The molecule has 27 heavy (non-hydrogen) atoms. The molecule has 0 saturated heterocycles. The number of aromatic nitrogens is 3. The van der Waals surface area contributed by atoms with E-state index >= 15 is 0 Å². The lowest BCUT2D eigenvalue weighted by Gasteiger charge is -2.05. The Balaban J connectivity index is 1.50. The molecule has 0 atom stereocenters. The number of nitrogens with one attached hydrogen (secondary N) is 1. The van der Waals surface area contributed by atoms with E-state index < -0.39 is 0 Å². The summed E-state index contributed by atoms with van der Waals surface area (Å²) in [5.41, 5.74) is 3.76. The molecule has 2 aromatic carbocycles. The molecule has 7 heteroatoms. The number of carbonyl (C=O) groups excluding carboxylic acids is 1. The first-order valence-corrected chi connectivity index (χ1v) is 8.39. The Hall–Kier alpha value is -3.87. The van der Waals surface area contributed by atoms with Crippen LogP contribution < -0.4 is 5.32 Å². The Morgan fingerprint density at radius 1 is 0.963 bits per heavy atom. The van der Waals surface area contributed by atoms with E-state index in [9.17, 15) is 4.79 Å². The van der Waals surface area contributed by atoms with Crippen LogP contribution in [0.4, 0.5) is 17.1 Å². The van der Waals surface area contributed by atoms with Crippen LogP contribution in [0.25, 0.3) is 5.65 Å². The molecule has 0 aliphatic carbocycles. The molecule has 4 rings (SSSR count). The molecule has 0 radical (unpaired) electrons. The normalized spacial score (nSPS) is 11.1. The van der Waals surface area contributed by atoms with Gasteiger partial charge in [-0.2, -0.15) is 15.3 Å². The molecular weight excluding hydrogens is 340 g/mol. The molecule has 1 N–H and O–H groups in total. The molecule has 4 aromatic rings. The number of benzene rings is 2. The highest BCUT2D eigenvalue weighted by Gasteiger charge is 2.18. The lowest BCUT2D eigenvalue weighted by atomic mass is 10.2. The van der Waals surface area contributed by atoms with Crippen LogP contribution in [0.1, 0.15) is 16.1 Å². The summed E-state index contributed by atoms with van der Waals surface area (Å²) in [7, 11) is 0. The minimum Gasteiger partial charge on any atom is -0.322 e. The van der Waals surface area contributed by atoms with Gasteiger partial charge in [-0.05, 0) is 49.4 Å². The van der Waals surface area contributed by atoms with Gasteiger partial charge in [0, 0.05) is 18.1 Å². The first kappa shape index (κ1) is 16.6. The van der Waals surface area contributed by atoms with E-state index in [4.69, 9.17) is 0 Å². The summed E-state index contributed by atoms with van der Waals surface area (Å²) >= 11 is 0. The Kier molecular flexibility index (Phi) is 4.40. The Morgan fingerprint density at radius 2 is 1.67 bits per heavy atom. The third-order valence-corrected chi connectivity index (χ3v) is 3.96. The topological polar surface area (TPSA) is 84.0 Å². The van der Waals surface area contributed by atoms with E-state index in [1.165, 1.54) is 0 Å². The van der Waals surface area contributed by atoms with Crippen molar-refractivity contribution in [3.63, 3.8) is 0 Å². The molecule has 1 amide bonds. The molecule has 7 nitrogen and oxygen atoms in total. The SMILES string of the molecule is Cc1nn2cccnc2c1C(=O)Nc1ccc(N=Nc2ccccc2)cc1. The quantitative estimate of drug-likeness (QED) is 0.538. The van der Waals surface area contributed by atoms with Crippen molar-refractivity contribution >= 4 is 28.6 Å². The molecule has 0 bridgehead atoms. The number of rotatable bonds is 4. The fraction of sp³-hybridized carbons (Fsp3) is 0.0500.